The molecule has 1 amide bonds. The molecule has 3 aromatic heterocycles. The van der Waals surface area contributed by atoms with Gasteiger partial charge in [0.1, 0.15) is 11.1 Å². The molecular formula is C29H24N4O3. The summed E-state index contributed by atoms with van der Waals surface area (Å²) in [5.74, 6) is -0.0994. The number of H-pyrrole nitrogens is 1. The molecule has 0 bridgehead atoms. The summed E-state index contributed by atoms with van der Waals surface area (Å²) in [5, 5.41) is 4.87. The summed E-state index contributed by atoms with van der Waals surface area (Å²) >= 11 is 0. The number of nitrogens with one attached hydrogen (secondary N) is 2. The summed E-state index contributed by atoms with van der Waals surface area (Å²) in [5.41, 5.74) is 6.44. The van der Waals surface area contributed by atoms with Crippen molar-refractivity contribution in [3.05, 3.63) is 95.4 Å². The summed E-state index contributed by atoms with van der Waals surface area (Å²) < 4.78 is 7.77. The van der Waals surface area contributed by atoms with Crippen LogP contribution in [0.2, 0.25) is 0 Å². The number of para-hydroxylation sites is 1. The number of anilines is 1. The van der Waals surface area contributed by atoms with Crippen LogP contribution in [0, 0.1) is 0 Å². The van der Waals surface area contributed by atoms with E-state index in [0.29, 0.717) is 34.6 Å². The molecule has 0 fully saturated rings. The first-order chi connectivity index (χ1) is 17.5. The third-order valence-electron chi connectivity index (χ3n) is 6.28. The van der Waals surface area contributed by atoms with E-state index in [4.69, 9.17) is 4.42 Å². The van der Waals surface area contributed by atoms with Crippen LogP contribution in [0.15, 0.2) is 94.3 Å². The summed E-state index contributed by atoms with van der Waals surface area (Å²) in [6, 6.07) is 24.7. The molecule has 0 aliphatic heterocycles. The molecule has 0 unspecified atom stereocenters. The van der Waals surface area contributed by atoms with E-state index in [1.807, 2.05) is 56.7 Å². The van der Waals surface area contributed by atoms with Crippen molar-refractivity contribution in [2.24, 2.45) is 0 Å². The minimum absolute atomic E-state index is 0.0994. The zero-order chi connectivity index (χ0) is 24.8. The molecule has 2 N–H and O–H groups in total. The first-order valence-corrected chi connectivity index (χ1v) is 11.7. The number of carbonyl (C=O) groups is 1. The van der Waals surface area contributed by atoms with Crippen LogP contribution in [0.1, 0.15) is 0 Å². The molecule has 0 radical (unpaired) electrons. The number of furan rings is 1. The van der Waals surface area contributed by atoms with Crippen LogP contribution in [0.3, 0.4) is 0 Å². The first-order valence-electron chi connectivity index (χ1n) is 11.7. The largest absolute Gasteiger partial charge is 0.454 e. The number of likely N-dealkylation sites (N-methyl/N-ethyl adjacent to an activating group) is 1. The second-order valence-electron chi connectivity index (χ2n) is 9.11. The molecular weight excluding hydrogens is 452 g/mol. The highest BCUT2D eigenvalue weighted by Crippen LogP contribution is 2.35. The number of amides is 1. The normalized spacial score (nSPS) is 11.6. The minimum Gasteiger partial charge on any atom is -0.454 e. The smallest absolute Gasteiger partial charge is 0.255 e. The number of aromatic nitrogens is 2. The third kappa shape index (κ3) is 3.76. The Bertz CT molecular complexity index is 1810. The monoisotopic (exact) mass is 476 g/mol. The number of carbonyl (C=O) groups excluding carboxylic acids is 1. The molecule has 0 aliphatic carbocycles. The molecule has 178 valence electrons. The van der Waals surface area contributed by atoms with Crippen molar-refractivity contribution in [3.63, 3.8) is 0 Å². The summed E-state index contributed by atoms with van der Waals surface area (Å²) in [6.07, 6.45) is 2.00. The lowest BCUT2D eigenvalue weighted by atomic mass is 10.0. The van der Waals surface area contributed by atoms with Crippen molar-refractivity contribution < 1.29 is 9.21 Å². The molecule has 0 saturated carbocycles. The third-order valence-corrected chi connectivity index (χ3v) is 6.28. The number of rotatable bonds is 5. The molecule has 6 aromatic rings. The Morgan fingerprint density at radius 1 is 0.944 bits per heavy atom. The minimum atomic E-state index is -0.160. The van der Waals surface area contributed by atoms with Gasteiger partial charge in [-0.2, -0.15) is 0 Å². The standard InChI is InChI=1S/C29H24N4O3/c1-32(2)17-27(34)31-19-8-10-20(11-9-19)33-28(35)14-13-26-29(33)22-15-18(7-12-25(22)36-26)23-16-30-24-6-4-3-5-21(23)24/h3-16,30H,17H2,1-2H3,(H,31,34). The lowest BCUT2D eigenvalue weighted by molar-refractivity contribution is -0.116. The van der Waals surface area contributed by atoms with Crippen molar-refractivity contribution in [1.82, 2.24) is 14.5 Å². The topological polar surface area (TPSA) is 83.3 Å². The van der Waals surface area contributed by atoms with Gasteiger partial charge in [-0.1, -0.05) is 24.3 Å². The van der Waals surface area contributed by atoms with E-state index >= 15 is 0 Å². The van der Waals surface area contributed by atoms with Gasteiger partial charge in [-0.05, 0) is 68.2 Å². The van der Waals surface area contributed by atoms with Crippen molar-refractivity contribution in [1.29, 1.82) is 0 Å². The van der Waals surface area contributed by atoms with Gasteiger partial charge in [0.25, 0.3) is 5.56 Å². The van der Waals surface area contributed by atoms with Gasteiger partial charge < -0.3 is 19.6 Å². The molecule has 3 aromatic carbocycles. The van der Waals surface area contributed by atoms with Gasteiger partial charge in [-0.3, -0.25) is 14.2 Å². The number of aromatic amines is 1. The van der Waals surface area contributed by atoms with Gasteiger partial charge >= 0.3 is 0 Å². The zero-order valence-electron chi connectivity index (χ0n) is 19.9. The molecule has 6 rings (SSSR count). The fourth-order valence-corrected chi connectivity index (χ4v) is 4.69. The van der Waals surface area contributed by atoms with Crippen LogP contribution in [-0.4, -0.2) is 41.0 Å². The van der Waals surface area contributed by atoms with Gasteiger partial charge in [0.15, 0.2) is 5.58 Å². The average Bonchev–Trinajstić information content (AvgIpc) is 3.45. The van der Waals surface area contributed by atoms with Gasteiger partial charge in [0, 0.05) is 45.5 Å². The van der Waals surface area contributed by atoms with E-state index in [0.717, 1.165) is 27.4 Å². The van der Waals surface area contributed by atoms with Crippen LogP contribution >= 0.6 is 0 Å². The van der Waals surface area contributed by atoms with Crippen LogP contribution in [-0.2, 0) is 4.79 Å². The number of benzene rings is 3. The number of hydrogen-bond acceptors (Lipinski definition) is 4. The van der Waals surface area contributed by atoms with Crippen molar-refractivity contribution in [2.45, 2.75) is 0 Å². The molecule has 0 spiro atoms. The van der Waals surface area contributed by atoms with Gasteiger partial charge in [-0.25, -0.2) is 0 Å². The predicted molar refractivity (Wildman–Crippen MR) is 144 cm³/mol. The lowest BCUT2D eigenvalue weighted by Crippen LogP contribution is -2.27. The van der Waals surface area contributed by atoms with E-state index in [9.17, 15) is 9.59 Å². The van der Waals surface area contributed by atoms with E-state index in [1.165, 1.54) is 6.07 Å². The maximum Gasteiger partial charge on any atom is 0.255 e. The molecule has 36 heavy (non-hydrogen) atoms. The average molecular weight is 477 g/mol. The highest BCUT2D eigenvalue weighted by Gasteiger charge is 2.16. The summed E-state index contributed by atoms with van der Waals surface area (Å²) in [6.45, 7) is 0.292. The SMILES string of the molecule is CN(C)CC(=O)Nc1ccc(-n2c(=O)ccc3oc4ccc(-c5c[nH]c6ccccc56)cc4c32)cc1. The van der Waals surface area contributed by atoms with Crippen LogP contribution in [0.5, 0.6) is 0 Å². The predicted octanol–water partition coefficient (Wildman–Crippen LogP) is 5.39. The first kappa shape index (κ1) is 21.9. The highest BCUT2D eigenvalue weighted by molar-refractivity contribution is 6.06. The van der Waals surface area contributed by atoms with Gasteiger partial charge in [0.05, 0.1) is 6.54 Å². The quantitative estimate of drug-likeness (QED) is 0.350. The van der Waals surface area contributed by atoms with E-state index in [2.05, 4.69) is 28.5 Å². The van der Waals surface area contributed by atoms with Gasteiger partial charge in [-0.15, -0.1) is 0 Å². The van der Waals surface area contributed by atoms with Gasteiger partial charge in [0.2, 0.25) is 5.91 Å². The van der Waals surface area contributed by atoms with Crippen LogP contribution < -0.4 is 10.9 Å². The van der Waals surface area contributed by atoms with Crippen molar-refractivity contribution >= 4 is 44.6 Å². The molecule has 7 heteroatoms. The second-order valence-corrected chi connectivity index (χ2v) is 9.11. The fourth-order valence-electron chi connectivity index (χ4n) is 4.69. The Labute approximate surface area is 206 Å². The Morgan fingerprint density at radius 2 is 1.72 bits per heavy atom. The molecule has 0 atom stereocenters. The Morgan fingerprint density at radius 3 is 2.53 bits per heavy atom. The number of hydrogen-bond donors (Lipinski definition) is 2. The van der Waals surface area contributed by atoms with E-state index < -0.39 is 0 Å². The maximum absolute atomic E-state index is 13.1. The Balaban J connectivity index is 1.47. The van der Waals surface area contributed by atoms with Crippen molar-refractivity contribution in [3.8, 4) is 16.8 Å². The lowest BCUT2D eigenvalue weighted by Gasteiger charge is -2.12. The Hall–Kier alpha value is -4.62. The molecule has 3 heterocycles. The van der Waals surface area contributed by atoms with Crippen LogP contribution in [0.4, 0.5) is 5.69 Å². The van der Waals surface area contributed by atoms with Crippen LogP contribution in [0.25, 0.3) is 49.8 Å². The highest BCUT2D eigenvalue weighted by atomic mass is 16.3. The zero-order valence-corrected chi connectivity index (χ0v) is 19.9. The number of fused-ring (bicyclic) bond motifs is 4. The maximum atomic E-state index is 13.1. The molecule has 0 aliphatic rings. The fraction of sp³-hybridized carbons (Fsp3) is 0.103. The molecule has 0 saturated heterocycles. The summed E-state index contributed by atoms with van der Waals surface area (Å²) in [7, 11) is 3.68. The number of pyridine rings is 1. The summed E-state index contributed by atoms with van der Waals surface area (Å²) in [4.78, 5) is 30.3. The Kier molecular flexibility index (Phi) is 5.20. The molecule has 7 nitrogen and oxygen atoms in total. The second kappa shape index (κ2) is 8.55. The van der Waals surface area contributed by atoms with Crippen molar-refractivity contribution in [2.75, 3.05) is 26.0 Å². The van der Waals surface area contributed by atoms with E-state index in [1.54, 1.807) is 27.7 Å². The number of nitrogens with zero attached hydrogens (tertiary/aromatic N) is 2. The van der Waals surface area contributed by atoms with E-state index in [-0.39, 0.29) is 11.5 Å².